The van der Waals surface area contributed by atoms with Gasteiger partial charge in [0.2, 0.25) is 0 Å². The predicted octanol–water partition coefficient (Wildman–Crippen LogP) is 1.61. The van der Waals surface area contributed by atoms with Gasteiger partial charge in [0.15, 0.2) is 5.96 Å². The van der Waals surface area contributed by atoms with Crippen LogP contribution in [0.5, 0.6) is 0 Å². The van der Waals surface area contributed by atoms with E-state index in [4.69, 9.17) is 0 Å². The van der Waals surface area contributed by atoms with Crippen LogP contribution in [0.25, 0.3) is 0 Å². The van der Waals surface area contributed by atoms with E-state index in [1.165, 1.54) is 11.1 Å². The fraction of sp³-hybridized carbons (Fsp3) is 0.357. The number of rotatable bonds is 4. The van der Waals surface area contributed by atoms with Crippen LogP contribution in [0.2, 0.25) is 0 Å². The van der Waals surface area contributed by atoms with Crippen LogP contribution >= 0.6 is 24.0 Å². The van der Waals surface area contributed by atoms with Gasteiger partial charge in [-0.3, -0.25) is 9.67 Å². The lowest BCUT2D eigenvalue weighted by molar-refractivity contribution is 0.672. The number of hydrogen-bond donors (Lipinski definition) is 2. The van der Waals surface area contributed by atoms with Gasteiger partial charge in [-0.1, -0.05) is 29.8 Å². The van der Waals surface area contributed by atoms with Crippen molar-refractivity contribution in [3.8, 4) is 0 Å². The van der Waals surface area contributed by atoms with Crippen molar-refractivity contribution in [1.82, 2.24) is 25.4 Å². The molecule has 0 aliphatic carbocycles. The van der Waals surface area contributed by atoms with Gasteiger partial charge in [-0.2, -0.15) is 5.10 Å². The number of hydrogen-bond acceptors (Lipinski definition) is 3. The molecule has 1 heterocycles. The van der Waals surface area contributed by atoms with Crippen LogP contribution in [0, 0.1) is 6.92 Å². The van der Waals surface area contributed by atoms with E-state index in [9.17, 15) is 0 Å². The molecule has 2 N–H and O–H groups in total. The number of nitrogens with zero attached hydrogens (tertiary/aromatic N) is 4. The van der Waals surface area contributed by atoms with Gasteiger partial charge in [-0.05, 0) is 12.5 Å². The summed E-state index contributed by atoms with van der Waals surface area (Å²) < 4.78 is 1.74. The Kier molecular flexibility index (Phi) is 7.13. The minimum Gasteiger partial charge on any atom is -0.352 e. The molecule has 0 radical (unpaired) electrons. The van der Waals surface area contributed by atoms with E-state index in [0.717, 1.165) is 18.3 Å². The quantitative estimate of drug-likeness (QED) is 0.465. The fourth-order valence-electron chi connectivity index (χ4n) is 1.87. The molecule has 0 bridgehead atoms. The Morgan fingerprint density at radius 3 is 2.67 bits per heavy atom. The van der Waals surface area contributed by atoms with Gasteiger partial charge in [0, 0.05) is 20.6 Å². The molecule has 2 aromatic rings. The van der Waals surface area contributed by atoms with Crippen LogP contribution in [0.15, 0.2) is 35.6 Å². The molecule has 21 heavy (non-hydrogen) atoms. The Labute approximate surface area is 142 Å². The van der Waals surface area contributed by atoms with Crippen molar-refractivity contribution < 1.29 is 0 Å². The first-order valence-corrected chi connectivity index (χ1v) is 6.52. The smallest absolute Gasteiger partial charge is 0.191 e. The summed E-state index contributed by atoms with van der Waals surface area (Å²) in [6.45, 7) is 3.41. The standard InChI is InChI=1S/C14H20N6.HI/c1-11-5-4-6-12(7-11)8-16-14(15-2)17-9-13-18-10-19-20(13)3;/h4-7,10H,8-9H2,1-3H3,(H2,15,16,17);1H. The normalized spacial score (nSPS) is 10.9. The lowest BCUT2D eigenvalue weighted by Crippen LogP contribution is -2.36. The van der Waals surface area contributed by atoms with E-state index in [-0.39, 0.29) is 24.0 Å². The summed E-state index contributed by atoms with van der Waals surface area (Å²) in [5, 5.41) is 10.5. The number of benzene rings is 1. The van der Waals surface area contributed by atoms with Gasteiger partial charge in [-0.15, -0.1) is 24.0 Å². The number of aromatic nitrogens is 3. The number of aryl methyl sites for hydroxylation is 2. The van der Waals surface area contributed by atoms with E-state index in [0.29, 0.717) is 6.54 Å². The summed E-state index contributed by atoms with van der Waals surface area (Å²) in [7, 11) is 3.62. The second-order valence-electron chi connectivity index (χ2n) is 4.57. The number of halogens is 1. The molecule has 7 heteroatoms. The first-order valence-electron chi connectivity index (χ1n) is 6.52. The molecule has 1 aromatic carbocycles. The molecule has 0 amide bonds. The summed E-state index contributed by atoms with van der Waals surface area (Å²) in [4.78, 5) is 8.35. The van der Waals surface area contributed by atoms with Crippen molar-refractivity contribution in [3.05, 3.63) is 47.5 Å². The third-order valence-electron chi connectivity index (χ3n) is 2.99. The number of nitrogens with one attached hydrogen (secondary N) is 2. The van der Waals surface area contributed by atoms with Crippen molar-refractivity contribution in [3.63, 3.8) is 0 Å². The molecular weight excluding hydrogens is 379 g/mol. The Morgan fingerprint density at radius 2 is 2.05 bits per heavy atom. The summed E-state index contributed by atoms with van der Waals surface area (Å²) in [5.74, 6) is 1.61. The molecule has 114 valence electrons. The molecule has 0 aliphatic heterocycles. The molecular formula is C14H21IN6. The van der Waals surface area contributed by atoms with Crippen LogP contribution in [0.1, 0.15) is 17.0 Å². The SMILES string of the molecule is CN=C(NCc1cccc(C)c1)NCc1ncnn1C.I. The zero-order valence-corrected chi connectivity index (χ0v) is 14.8. The third kappa shape index (κ3) is 5.33. The maximum absolute atomic E-state index is 4.19. The van der Waals surface area contributed by atoms with Crippen molar-refractivity contribution in [2.75, 3.05) is 7.05 Å². The topological polar surface area (TPSA) is 67.1 Å². The molecule has 0 saturated carbocycles. The molecule has 0 atom stereocenters. The molecule has 0 aliphatic rings. The van der Waals surface area contributed by atoms with Crippen molar-refractivity contribution in [2.45, 2.75) is 20.0 Å². The maximum Gasteiger partial charge on any atom is 0.191 e. The average Bonchev–Trinajstić information content (AvgIpc) is 2.85. The second kappa shape index (κ2) is 8.60. The first-order chi connectivity index (χ1) is 9.69. The largest absolute Gasteiger partial charge is 0.352 e. The minimum absolute atomic E-state index is 0. The van der Waals surface area contributed by atoms with E-state index >= 15 is 0 Å². The van der Waals surface area contributed by atoms with E-state index in [1.54, 1.807) is 18.1 Å². The molecule has 0 fully saturated rings. The zero-order chi connectivity index (χ0) is 14.4. The molecule has 1 aromatic heterocycles. The van der Waals surface area contributed by atoms with Crippen LogP contribution in [-0.4, -0.2) is 27.8 Å². The minimum atomic E-state index is 0. The number of guanidine groups is 1. The first kappa shape index (κ1) is 17.4. The van der Waals surface area contributed by atoms with E-state index in [2.05, 4.69) is 56.9 Å². The zero-order valence-electron chi connectivity index (χ0n) is 12.5. The lowest BCUT2D eigenvalue weighted by atomic mass is 10.1. The Morgan fingerprint density at radius 1 is 1.29 bits per heavy atom. The van der Waals surface area contributed by atoms with Gasteiger partial charge in [0.05, 0.1) is 6.54 Å². The van der Waals surface area contributed by atoms with Gasteiger partial charge in [0.1, 0.15) is 12.2 Å². The summed E-state index contributed by atoms with van der Waals surface area (Å²) in [5.41, 5.74) is 2.48. The Balaban J connectivity index is 0.00000220. The molecule has 2 rings (SSSR count). The summed E-state index contributed by atoms with van der Waals surface area (Å²) in [6.07, 6.45) is 1.54. The highest BCUT2D eigenvalue weighted by Gasteiger charge is 2.02. The Bertz CT molecular complexity index is 593. The van der Waals surface area contributed by atoms with E-state index in [1.807, 2.05) is 7.05 Å². The highest BCUT2D eigenvalue weighted by atomic mass is 127. The van der Waals surface area contributed by atoms with Gasteiger partial charge in [-0.25, -0.2) is 4.98 Å². The molecule has 6 nitrogen and oxygen atoms in total. The average molecular weight is 400 g/mol. The highest BCUT2D eigenvalue weighted by Crippen LogP contribution is 2.03. The van der Waals surface area contributed by atoms with Gasteiger partial charge >= 0.3 is 0 Å². The second-order valence-corrected chi connectivity index (χ2v) is 4.57. The van der Waals surface area contributed by atoms with Crippen LogP contribution in [-0.2, 0) is 20.1 Å². The summed E-state index contributed by atoms with van der Waals surface area (Å²) in [6, 6.07) is 8.39. The highest BCUT2D eigenvalue weighted by molar-refractivity contribution is 14.0. The fourth-order valence-corrected chi connectivity index (χ4v) is 1.87. The van der Waals surface area contributed by atoms with E-state index < -0.39 is 0 Å². The van der Waals surface area contributed by atoms with Gasteiger partial charge in [0.25, 0.3) is 0 Å². The maximum atomic E-state index is 4.19. The molecule has 0 unspecified atom stereocenters. The lowest BCUT2D eigenvalue weighted by Gasteiger charge is -2.11. The van der Waals surface area contributed by atoms with Crippen molar-refractivity contribution in [2.24, 2.45) is 12.0 Å². The van der Waals surface area contributed by atoms with Crippen molar-refractivity contribution in [1.29, 1.82) is 0 Å². The van der Waals surface area contributed by atoms with Crippen LogP contribution in [0.3, 0.4) is 0 Å². The van der Waals surface area contributed by atoms with Crippen molar-refractivity contribution >= 4 is 29.9 Å². The number of aliphatic imine (C=N–C) groups is 1. The molecule has 0 spiro atoms. The monoisotopic (exact) mass is 400 g/mol. The van der Waals surface area contributed by atoms with Crippen LogP contribution < -0.4 is 10.6 Å². The molecule has 0 saturated heterocycles. The van der Waals surface area contributed by atoms with Crippen LogP contribution in [0.4, 0.5) is 0 Å². The predicted molar refractivity (Wildman–Crippen MR) is 94.6 cm³/mol. The Hall–Kier alpha value is -1.64. The summed E-state index contributed by atoms with van der Waals surface area (Å²) >= 11 is 0. The van der Waals surface area contributed by atoms with Gasteiger partial charge < -0.3 is 10.6 Å². The third-order valence-corrected chi connectivity index (χ3v) is 2.99.